The molecule has 1 saturated heterocycles. The standard InChI is InChI=1S/C17H28O4Si/c1-16(2,3)22(5,6)20-15-10-7-9-14(13-15)17(18-4)11-8-12-19-21-17/h7,9-10,13H,8,11-12H2,1-6H3. The topological polar surface area (TPSA) is 36.9 Å². The third kappa shape index (κ3) is 3.54. The van der Waals surface area contributed by atoms with Gasteiger partial charge in [-0.05, 0) is 36.7 Å². The van der Waals surface area contributed by atoms with E-state index in [9.17, 15) is 0 Å². The van der Waals surface area contributed by atoms with E-state index in [2.05, 4.69) is 33.9 Å². The van der Waals surface area contributed by atoms with Crippen LogP contribution in [0.15, 0.2) is 24.3 Å². The van der Waals surface area contributed by atoms with Crippen molar-refractivity contribution in [3.05, 3.63) is 29.8 Å². The van der Waals surface area contributed by atoms with Gasteiger partial charge in [-0.15, -0.1) is 0 Å². The molecular formula is C17H28O4Si. The van der Waals surface area contributed by atoms with E-state index in [0.29, 0.717) is 6.61 Å². The number of hydrogen-bond acceptors (Lipinski definition) is 4. The van der Waals surface area contributed by atoms with Crippen molar-refractivity contribution >= 4 is 8.32 Å². The van der Waals surface area contributed by atoms with E-state index in [1.807, 2.05) is 24.3 Å². The molecule has 0 aromatic heterocycles. The van der Waals surface area contributed by atoms with Gasteiger partial charge in [-0.3, -0.25) is 0 Å². The van der Waals surface area contributed by atoms with Crippen LogP contribution in [0.25, 0.3) is 0 Å². The first-order valence-electron chi connectivity index (χ1n) is 7.86. The normalized spacial score (nSPS) is 23.4. The minimum absolute atomic E-state index is 0.159. The number of ether oxygens (including phenoxy) is 1. The fourth-order valence-corrected chi connectivity index (χ4v) is 3.26. The quantitative estimate of drug-likeness (QED) is 0.598. The molecule has 5 heteroatoms. The molecule has 1 aromatic rings. The van der Waals surface area contributed by atoms with Gasteiger partial charge in [0.2, 0.25) is 14.1 Å². The van der Waals surface area contributed by atoms with Gasteiger partial charge < -0.3 is 9.16 Å². The molecule has 1 aliphatic rings. The number of hydrogen-bond donors (Lipinski definition) is 0. The Labute approximate surface area is 134 Å². The number of methoxy groups -OCH3 is 1. The molecule has 0 saturated carbocycles. The van der Waals surface area contributed by atoms with E-state index in [-0.39, 0.29) is 5.04 Å². The molecule has 0 amide bonds. The Morgan fingerprint density at radius 3 is 2.50 bits per heavy atom. The van der Waals surface area contributed by atoms with E-state index in [1.165, 1.54) is 0 Å². The smallest absolute Gasteiger partial charge is 0.250 e. The third-order valence-electron chi connectivity index (χ3n) is 4.71. The summed E-state index contributed by atoms with van der Waals surface area (Å²) in [5, 5.41) is 0.159. The predicted molar refractivity (Wildman–Crippen MR) is 89.2 cm³/mol. The van der Waals surface area contributed by atoms with Crippen molar-refractivity contribution in [3.63, 3.8) is 0 Å². The van der Waals surface area contributed by atoms with Crippen LogP contribution in [0.1, 0.15) is 39.2 Å². The van der Waals surface area contributed by atoms with Crippen LogP contribution in [0.5, 0.6) is 5.75 Å². The molecular weight excluding hydrogens is 296 g/mol. The van der Waals surface area contributed by atoms with Crippen molar-refractivity contribution in [2.24, 2.45) is 0 Å². The summed E-state index contributed by atoms with van der Waals surface area (Å²) >= 11 is 0. The molecule has 0 radical (unpaired) electrons. The van der Waals surface area contributed by atoms with Crippen molar-refractivity contribution in [1.82, 2.24) is 0 Å². The summed E-state index contributed by atoms with van der Waals surface area (Å²) in [6.45, 7) is 11.8. The zero-order valence-electron chi connectivity index (χ0n) is 14.6. The Kier molecular flexibility index (Phi) is 5.02. The number of rotatable bonds is 4. The van der Waals surface area contributed by atoms with Crippen molar-refractivity contribution in [1.29, 1.82) is 0 Å². The Bertz CT molecular complexity index is 502. The summed E-state index contributed by atoms with van der Waals surface area (Å²) in [6, 6.07) is 7.99. The van der Waals surface area contributed by atoms with E-state index in [1.54, 1.807) is 7.11 Å². The highest BCUT2D eigenvalue weighted by Gasteiger charge is 2.40. The first-order valence-corrected chi connectivity index (χ1v) is 10.8. The maximum absolute atomic E-state index is 6.37. The first-order chi connectivity index (χ1) is 10.2. The summed E-state index contributed by atoms with van der Waals surface area (Å²) in [7, 11) is -0.217. The first kappa shape index (κ1) is 17.5. The van der Waals surface area contributed by atoms with Crippen LogP contribution in [0.3, 0.4) is 0 Å². The summed E-state index contributed by atoms with van der Waals surface area (Å²) in [5.41, 5.74) is 0.936. The van der Waals surface area contributed by atoms with Crippen molar-refractivity contribution in [2.45, 2.75) is 57.5 Å². The second-order valence-electron chi connectivity index (χ2n) is 7.36. The molecule has 1 fully saturated rings. The molecule has 0 N–H and O–H groups in total. The van der Waals surface area contributed by atoms with Crippen LogP contribution in [0.4, 0.5) is 0 Å². The van der Waals surface area contributed by atoms with E-state index >= 15 is 0 Å². The highest BCUT2D eigenvalue weighted by atomic mass is 28.4. The van der Waals surface area contributed by atoms with Crippen LogP contribution < -0.4 is 4.43 Å². The third-order valence-corrected chi connectivity index (χ3v) is 9.07. The lowest BCUT2D eigenvalue weighted by Crippen LogP contribution is -2.44. The molecule has 124 valence electrons. The summed E-state index contributed by atoms with van der Waals surface area (Å²) in [6.07, 6.45) is 1.67. The zero-order valence-corrected chi connectivity index (χ0v) is 15.6. The van der Waals surface area contributed by atoms with Crippen molar-refractivity contribution < 1.29 is 18.9 Å². The lowest BCUT2D eigenvalue weighted by Gasteiger charge is -2.37. The van der Waals surface area contributed by atoms with Gasteiger partial charge in [0.1, 0.15) is 5.75 Å². The second-order valence-corrected chi connectivity index (χ2v) is 12.1. The van der Waals surface area contributed by atoms with E-state index < -0.39 is 14.1 Å². The van der Waals surface area contributed by atoms with Crippen molar-refractivity contribution in [3.8, 4) is 5.75 Å². The highest BCUT2D eigenvalue weighted by Crippen LogP contribution is 2.40. The molecule has 0 bridgehead atoms. The highest BCUT2D eigenvalue weighted by molar-refractivity contribution is 6.74. The lowest BCUT2D eigenvalue weighted by molar-refractivity contribution is -0.454. The fraction of sp³-hybridized carbons (Fsp3) is 0.647. The van der Waals surface area contributed by atoms with Crippen LogP contribution in [-0.4, -0.2) is 22.0 Å². The molecule has 1 heterocycles. The predicted octanol–water partition coefficient (Wildman–Crippen LogP) is 4.61. The van der Waals surface area contributed by atoms with Gasteiger partial charge in [0, 0.05) is 19.1 Å². The van der Waals surface area contributed by atoms with Gasteiger partial charge in [-0.2, -0.15) is 4.89 Å². The number of benzene rings is 1. The van der Waals surface area contributed by atoms with Crippen LogP contribution >= 0.6 is 0 Å². The summed E-state index contributed by atoms with van der Waals surface area (Å²) in [4.78, 5) is 10.7. The van der Waals surface area contributed by atoms with Crippen LogP contribution in [0.2, 0.25) is 18.1 Å². The van der Waals surface area contributed by atoms with Crippen molar-refractivity contribution in [2.75, 3.05) is 13.7 Å². The summed E-state index contributed by atoms with van der Waals surface area (Å²) < 4.78 is 12.0. The summed E-state index contributed by atoms with van der Waals surface area (Å²) in [5.74, 6) is 0.0418. The Morgan fingerprint density at radius 1 is 1.23 bits per heavy atom. The molecule has 1 unspecified atom stereocenters. The molecule has 0 aliphatic carbocycles. The molecule has 2 rings (SSSR count). The lowest BCUT2D eigenvalue weighted by atomic mass is 10.00. The van der Waals surface area contributed by atoms with Gasteiger partial charge in [0.25, 0.3) is 0 Å². The Morgan fingerprint density at radius 2 is 1.95 bits per heavy atom. The Balaban J connectivity index is 2.27. The minimum atomic E-state index is -1.87. The fourth-order valence-electron chi connectivity index (χ4n) is 2.23. The van der Waals surface area contributed by atoms with Gasteiger partial charge in [-0.25, -0.2) is 4.89 Å². The van der Waals surface area contributed by atoms with Crippen LogP contribution in [-0.2, 0) is 20.3 Å². The molecule has 4 nitrogen and oxygen atoms in total. The van der Waals surface area contributed by atoms with Crippen LogP contribution in [0, 0.1) is 0 Å². The van der Waals surface area contributed by atoms with Gasteiger partial charge in [0.15, 0.2) is 0 Å². The molecule has 1 aliphatic heterocycles. The largest absolute Gasteiger partial charge is 0.543 e. The van der Waals surface area contributed by atoms with E-state index in [0.717, 1.165) is 24.2 Å². The van der Waals surface area contributed by atoms with Gasteiger partial charge in [-0.1, -0.05) is 32.9 Å². The maximum Gasteiger partial charge on any atom is 0.250 e. The second kappa shape index (κ2) is 6.32. The van der Waals surface area contributed by atoms with Gasteiger partial charge in [0.05, 0.1) is 6.61 Å². The zero-order chi connectivity index (χ0) is 16.4. The monoisotopic (exact) mass is 324 g/mol. The molecule has 22 heavy (non-hydrogen) atoms. The molecule has 1 aromatic carbocycles. The molecule has 0 spiro atoms. The average Bonchev–Trinajstić information content (AvgIpc) is 2.46. The SMILES string of the molecule is COC1(c2cccc(O[Si](C)(C)C(C)(C)C)c2)CCCOO1. The Hall–Kier alpha value is -0.883. The molecule has 1 atom stereocenters. The maximum atomic E-state index is 6.37. The van der Waals surface area contributed by atoms with E-state index in [4.69, 9.17) is 18.9 Å². The average molecular weight is 324 g/mol. The van der Waals surface area contributed by atoms with Gasteiger partial charge >= 0.3 is 0 Å². The minimum Gasteiger partial charge on any atom is -0.543 e.